The van der Waals surface area contributed by atoms with Crippen LogP contribution in [0.15, 0.2) is 0 Å². The molecule has 2 radical (unpaired) electrons. The Morgan fingerprint density at radius 2 is 0.151 bits per heavy atom. The third-order valence-electron chi connectivity index (χ3n) is 0. The molecule has 0 aromatic rings. The van der Waals surface area contributed by atoms with E-state index in [-0.39, 0.29) is 168 Å². The molecule has 0 bridgehead atoms. The van der Waals surface area contributed by atoms with E-state index in [1.54, 1.807) is 0 Å². The van der Waals surface area contributed by atoms with Gasteiger partial charge in [-0.2, -0.15) is 0 Å². The second-order valence-electron chi connectivity index (χ2n) is 2.68. The van der Waals surface area contributed by atoms with Crippen molar-refractivity contribution < 1.29 is 160 Å². The van der Waals surface area contributed by atoms with Gasteiger partial charge in [0.25, 0.3) is 0 Å². The second kappa shape index (κ2) is 104. The molecule has 53 heteroatoms. The first kappa shape index (κ1) is 110. The molecule has 0 unspecified atom stereocenters. The molecule has 298 valence electrons. The van der Waals surface area contributed by atoms with Crippen molar-refractivity contribution in [1.82, 2.24) is 0 Å². The summed E-state index contributed by atoms with van der Waals surface area (Å²) < 4.78 is 0. The van der Waals surface area contributed by atoms with E-state index >= 15 is 0 Å². The van der Waals surface area contributed by atoms with E-state index in [1.165, 1.54) is 0 Å². The zero-order chi connectivity index (χ0) is 42.9. The monoisotopic (exact) mass is 1120 g/mol. The van der Waals surface area contributed by atoms with Crippen LogP contribution in [0.1, 0.15) is 0 Å². The first-order valence-corrected chi connectivity index (χ1v) is 6.57. The van der Waals surface area contributed by atoms with Crippen LogP contribution in [0.5, 0.6) is 0 Å². The van der Waals surface area contributed by atoms with E-state index in [9.17, 15) is 0 Å². The molecule has 0 aliphatic carbocycles. The van der Waals surface area contributed by atoms with E-state index in [0.717, 1.165) is 0 Å². The SMILES string of the molecule is O=[N+]([O-])[O-].O=[N+]([O-])[O-].O=[N+]([O-])[O-].O=[N+]([O-])[O-].O=[N+]([O-])[O-].O=[N+]([O-])[O-].O=[N+]([O-])[O-].O=[N+]([O-])[O-].O=[N+]([O-])[O-].O=[N+]([O-])[O-].O=[N+]([O-])[O-].O=[N+]([O-])[O-].[Eu+2].[Eu+2].[Mg+2].[Mg+2].[Mg+2]. The van der Waals surface area contributed by atoms with Crippen LogP contribution in [0, 0.1) is 283 Å². The summed E-state index contributed by atoms with van der Waals surface area (Å²) in [5.41, 5.74) is 0. The van der Waals surface area contributed by atoms with Gasteiger partial charge in [-0.1, -0.05) is 0 Å². The Hall–Kier alpha value is -4.13. The molecule has 0 atom stereocenters. The number of hydrogen-bond donors (Lipinski definition) is 0. The number of nitrogens with zero attached hydrogens (tertiary/aromatic N) is 12. The minimum atomic E-state index is -1.75. The van der Waals surface area contributed by atoms with Gasteiger partial charge in [0.2, 0.25) is 0 Å². The first-order chi connectivity index (χ1) is 20.8. The third-order valence-corrected chi connectivity index (χ3v) is 0. The van der Waals surface area contributed by atoms with Crippen molar-refractivity contribution in [3.8, 4) is 0 Å². The molecule has 0 aromatic carbocycles. The number of rotatable bonds is 0. The molecule has 48 nitrogen and oxygen atoms in total. The fraction of sp³-hybridized carbons (Fsp3) is 0. The predicted molar refractivity (Wildman–Crippen MR) is 142 cm³/mol. The molecular formula is Eu2Mg3N12O36-2. The predicted octanol–water partition coefficient (Wildman–Crippen LogP) is -4.01. The average molecular weight is 1120 g/mol. The maximum Gasteiger partial charge on any atom is 2.00 e. The van der Waals surface area contributed by atoms with Crippen LogP contribution >= 0.6 is 0 Å². The normalized spacial score (nSPS) is 5.43. The maximum absolute atomic E-state index is 8.25. The summed E-state index contributed by atoms with van der Waals surface area (Å²) >= 11 is 0. The van der Waals surface area contributed by atoms with Gasteiger partial charge < -0.3 is 184 Å². The Labute approximate surface area is 407 Å². The summed E-state index contributed by atoms with van der Waals surface area (Å²) in [7, 11) is 0. The first-order valence-electron chi connectivity index (χ1n) is 6.57. The summed E-state index contributed by atoms with van der Waals surface area (Å²) in [6.45, 7) is 0. The molecule has 0 fully saturated rings. The van der Waals surface area contributed by atoms with Crippen molar-refractivity contribution in [3.63, 3.8) is 0 Å². The van der Waals surface area contributed by atoms with Gasteiger partial charge in [-0.15, -0.1) is 0 Å². The molecule has 0 spiro atoms. The van der Waals surface area contributed by atoms with Gasteiger partial charge in [0, 0.05) is 0 Å². The standard InChI is InChI=1S/2Eu.3Mg.12NO3/c;;;;;12*2-1(3)4/q5*+2;12*-1. The van der Waals surface area contributed by atoms with Crippen LogP contribution in [0.25, 0.3) is 0 Å². The zero-order valence-electron chi connectivity index (χ0n) is 22.9. The van der Waals surface area contributed by atoms with Crippen LogP contribution in [0.2, 0.25) is 0 Å². The van der Waals surface area contributed by atoms with Gasteiger partial charge in [-0.3, -0.25) is 0 Å². The van der Waals surface area contributed by atoms with E-state index in [4.69, 9.17) is 184 Å². The van der Waals surface area contributed by atoms with E-state index in [2.05, 4.69) is 0 Å². The Morgan fingerprint density at radius 1 is 0.151 bits per heavy atom. The van der Waals surface area contributed by atoms with E-state index < -0.39 is 61.0 Å². The smallest absolute Gasteiger partial charge is 0.356 e. The topological polar surface area (TPSA) is 794 Å². The van der Waals surface area contributed by atoms with Gasteiger partial charge >= 0.3 is 168 Å². The Bertz CT molecular complexity index is 602. The molecule has 0 aromatic heterocycles. The van der Waals surface area contributed by atoms with Crippen molar-refractivity contribution in [3.05, 3.63) is 184 Å². The van der Waals surface area contributed by atoms with E-state index in [1.807, 2.05) is 0 Å². The summed E-state index contributed by atoms with van der Waals surface area (Å²) in [5.74, 6) is 0. The molecule has 0 N–H and O–H groups in total. The van der Waals surface area contributed by atoms with Gasteiger partial charge in [-0.05, 0) is 0 Å². The molecule has 53 heavy (non-hydrogen) atoms. The quantitative estimate of drug-likeness (QED) is 0.127. The average Bonchev–Trinajstić information content (AvgIpc) is 2.61. The molecule has 0 aliphatic rings. The Morgan fingerprint density at radius 3 is 0.151 bits per heavy atom. The summed E-state index contributed by atoms with van der Waals surface area (Å²) in [5, 5.41) is 177. The molecule has 0 saturated carbocycles. The van der Waals surface area contributed by atoms with Crippen molar-refractivity contribution >= 4 is 69.2 Å². The van der Waals surface area contributed by atoms with Crippen molar-refractivity contribution in [2.75, 3.05) is 0 Å². The maximum atomic E-state index is 8.25. The van der Waals surface area contributed by atoms with Crippen molar-refractivity contribution in [2.45, 2.75) is 0 Å². The second-order valence-corrected chi connectivity index (χ2v) is 2.68. The molecule has 0 amide bonds. The minimum Gasteiger partial charge on any atom is -0.356 e. The summed E-state index contributed by atoms with van der Waals surface area (Å²) in [6.07, 6.45) is 0. The van der Waals surface area contributed by atoms with Crippen LogP contribution in [-0.4, -0.2) is 130 Å². The Balaban J connectivity index is -0.0000000176. The number of hydrogen-bond acceptors (Lipinski definition) is 36. The largest absolute Gasteiger partial charge is 2.00 e. The molecular weight excluding hydrogens is 1120 g/mol. The van der Waals surface area contributed by atoms with Gasteiger partial charge in [-0.25, -0.2) is 0 Å². The molecule has 0 heterocycles. The van der Waals surface area contributed by atoms with E-state index in [0.29, 0.717) is 0 Å². The van der Waals surface area contributed by atoms with Gasteiger partial charge in [0.15, 0.2) is 0 Å². The summed E-state index contributed by atoms with van der Waals surface area (Å²) in [4.78, 5) is 99.0. The fourth-order valence-corrected chi connectivity index (χ4v) is 0. The van der Waals surface area contributed by atoms with Crippen molar-refractivity contribution in [2.24, 2.45) is 0 Å². The Kier molecular flexibility index (Phi) is 215. The molecule has 0 saturated heterocycles. The molecule has 0 rings (SSSR count). The molecule has 0 aliphatic heterocycles. The van der Waals surface area contributed by atoms with Crippen molar-refractivity contribution in [1.29, 1.82) is 0 Å². The van der Waals surface area contributed by atoms with Gasteiger partial charge in [0.05, 0.1) is 61.0 Å². The van der Waals surface area contributed by atoms with Crippen LogP contribution in [0.3, 0.4) is 0 Å². The van der Waals surface area contributed by atoms with Gasteiger partial charge in [0.1, 0.15) is 0 Å². The third kappa shape index (κ3) is 5900. The fourth-order valence-electron chi connectivity index (χ4n) is 0. The van der Waals surface area contributed by atoms with Crippen LogP contribution < -0.4 is 0 Å². The summed E-state index contributed by atoms with van der Waals surface area (Å²) in [6, 6.07) is 0. The minimum absolute atomic E-state index is 0. The zero-order valence-corrected chi connectivity index (χ0v) is 32.0. The van der Waals surface area contributed by atoms with Crippen LogP contribution in [-0.2, 0) is 0 Å². The van der Waals surface area contributed by atoms with Crippen LogP contribution in [0.4, 0.5) is 0 Å².